The third-order valence-electron chi connectivity index (χ3n) is 3.82. The van der Waals surface area contributed by atoms with E-state index in [1.807, 2.05) is 18.2 Å². The van der Waals surface area contributed by atoms with Crippen molar-refractivity contribution in [3.8, 4) is 23.0 Å². The number of carbonyl (C=O) groups excluding carboxylic acids is 1. The molecule has 2 aromatic carbocycles. The molecule has 0 aliphatic rings. The van der Waals surface area contributed by atoms with Gasteiger partial charge in [-0.25, -0.2) is 4.79 Å². The Morgan fingerprint density at radius 2 is 1.35 bits per heavy atom. The second-order valence-electron chi connectivity index (χ2n) is 5.25. The van der Waals surface area contributed by atoms with Gasteiger partial charge in [-0.05, 0) is 41.0 Å². The Hall–Kier alpha value is -3.15. The molecule has 0 N–H and O–H groups in total. The van der Waals surface area contributed by atoms with Crippen molar-refractivity contribution in [1.82, 2.24) is 0 Å². The van der Waals surface area contributed by atoms with E-state index >= 15 is 0 Å². The summed E-state index contributed by atoms with van der Waals surface area (Å²) in [5.74, 6) is 1.88. The molecule has 0 fully saturated rings. The van der Waals surface area contributed by atoms with Gasteiger partial charge in [0.25, 0.3) is 0 Å². The van der Waals surface area contributed by atoms with Gasteiger partial charge in [0.1, 0.15) is 11.5 Å². The monoisotopic (exact) mass is 358 g/mol. The van der Waals surface area contributed by atoms with Gasteiger partial charge in [-0.1, -0.05) is 6.07 Å². The van der Waals surface area contributed by atoms with Crippen molar-refractivity contribution in [2.75, 3.05) is 35.5 Å². The molecule has 6 heteroatoms. The van der Waals surface area contributed by atoms with Crippen LogP contribution in [0.4, 0.5) is 0 Å². The summed E-state index contributed by atoms with van der Waals surface area (Å²) in [7, 11) is 7.59. The lowest BCUT2D eigenvalue weighted by atomic mass is 9.96. The van der Waals surface area contributed by atoms with Crippen LogP contribution in [-0.2, 0) is 9.53 Å². The molecular weight excluding hydrogens is 336 g/mol. The largest absolute Gasteiger partial charge is 0.497 e. The molecule has 0 radical (unpaired) electrons. The number of benzene rings is 2. The second kappa shape index (κ2) is 8.80. The third-order valence-corrected chi connectivity index (χ3v) is 3.82. The number of ether oxygens (including phenoxy) is 5. The number of hydrogen-bond acceptors (Lipinski definition) is 6. The van der Waals surface area contributed by atoms with Crippen LogP contribution in [0.3, 0.4) is 0 Å². The molecule has 0 aliphatic heterocycles. The average molecular weight is 358 g/mol. The van der Waals surface area contributed by atoms with Gasteiger partial charge in [0, 0.05) is 12.1 Å². The molecule has 0 aromatic heterocycles. The third kappa shape index (κ3) is 4.27. The lowest BCUT2D eigenvalue weighted by Crippen LogP contribution is -2.00. The lowest BCUT2D eigenvalue weighted by Gasteiger charge is -2.14. The Kier molecular flexibility index (Phi) is 6.49. The molecule has 0 atom stereocenters. The minimum atomic E-state index is -0.475. The first-order valence-electron chi connectivity index (χ1n) is 7.81. The highest BCUT2D eigenvalue weighted by atomic mass is 16.5. The Bertz CT molecular complexity index is 788. The highest BCUT2D eigenvalue weighted by Gasteiger charge is 2.14. The Morgan fingerprint density at radius 3 is 1.85 bits per heavy atom. The molecule has 0 saturated carbocycles. The summed E-state index contributed by atoms with van der Waals surface area (Å²) in [5, 5.41) is 0. The van der Waals surface area contributed by atoms with E-state index in [0.717, 1.165) is 11.1 Å². The maximum absolute atomic E-state index is 11.9. The Balaban J connectivity index is 2.66. The van der Waals surface area contributed by atoms with Crippen LogP contribution in [-0.4, -0.2) is 41.5 Å². The molecule has 0 heterocycles. The molecule has 6 nitrogen and oxygen atoms in total. The fourth-order valence-electron chi connectivity index (χ4n) is 2.48. The summed E-state index contributed by atoms with van der Waals surface area (Å²) in [4.78, 5) is 11.9. The van der Waals surface area contributed by atoms with E-state index in [-0.39, 0.29) is 0 Å². The summed E-state index contributed by atoms with van der Waals surface area (Å²) in [6, 6.07) is 10.8. The summed E-state index contributed by atoms with van der Waals surface area (Å²) in [6.07, 6.45) is 1.41. The molecule has 138 valence electrons. The zero-order valence-corrected chi connectivity index (χ0v) is 15.5. The zero-order valence-electron chi connectivity index (χ0n) is 15.5. The van der Waals surface area contributed by atoms with Gasteiger partial charge in [0.05, 0.1) is 35.5 Å². The van der Waals surface area contributed by atoms with Gasteiger partial charge in [-0.3, -0.25) is 0 Å². The zero-order chi connectivity index (χ0) is 19.1. The molecule has 0 amide bonds. The predicted molar refractivity (Wildman–Crippen MR) is 98.2 cm³/mol. The minimum Gasteiger partial charge on any atom is -0.497 e. The van der Waals surface area contributed by atoms with E-state index in [0.29, 0.717) is 28.6 Å². The number of esters is 1. The number of methoxy groups -OCH3 is 5. The van der Waals surface area contributed by atoms with Crippen LogP contribution in [0, 0.1) is 0 Å². The topological polar surface area (TPSA) is 63.2 Å². The first-order valence-corrected chi connectivity index (χ1v) is 7.81. The van der Waals surface area contributed by atoms with Crippen LogP contribution in [0.15, 0.2) is 42.5 Å². The maximum Gasteiger partial charge on any atom is 0.331 e. The van der Waals surface area contributed by atoms with E-state index in [2.05, 4.69) is 0 Å². The van der Waals surface area contributed by atoms with Gasteiger partial charge < -0.3 is 23.7 Å². The normalized spacial score (nSPS) is 10.9. The van der Waals surface area contributed by atoms with Crippen LogP contribution in [0.1, 0.15) is 11.1 Å². The molecule has 2 aromatic rings. The quantitative estimate of drug-likeness (QED) is 0.559. The van der Waals surface area contributed by atoms with Crippen LogP contribution < -0.4 is 18.9 Å². The summed E-state index contributed by atoms with van der Waals surface area (Å²) < 4.78 is 26.1. The SMILES string of the molecule is COC(=O)/C=C(/c1cc(OC)cc(OC)c1)c1ccc(OC)c(OC)c1. The molecule has 0 spiro atoms. The van der Waals surface area contributed by atoms with E-state index in [1.54, 1.807) is 46.6 Å². The average Bonchev–Trinajstić information content (AvgIpc) is 2.70. The number of rotatable bonds is 7. The molecule has 0 bridgehead atoms. The van der Waals surface area contributed by atoms with Crippen molar-refractivity contribution in [3.63, 3.8) is 0 Å². The maximum atomic E-state index is 11.9. The molecular formula is C20H22O6. The molecule has 26 heavy (non-hydrogen) atoms. The standard InChI is InChI=1S/C20H22O6/c1-22-15-8-14(9-16(11-15)23-2)17(12-20(21)26-5)13-6-7-18(24-3)19(10-13)25-4/h6-12H,1-5H3/b17-12+. The van der Waals surface area contributed by atoms with Crippen molar-refractivity contribution < 1.29 is 28.5 Å². The fraction of sp³-hybridized carbons (Fsp3) is 0.250. The molecule has 0 aliphatic carbocycles. The fourth-order valence-corrected chi connectivity index (χ4v) is 2.48. The van der Waals surface area contributed by atoms with E-state index in [4.69, 9.17) is 23.7 Å². The predicted octanol–water partition coefficient (Wildman–Crippen LogP) is 3.33. The van der Waals surface area contributed by atoms with E-state index in [9.17, 15) is 4.79 Å². The van der Waals surface area contributed by atoms with Crippen molar-refractivity contribution in [3.05, 3.63) is 53.6 Å². The molecule has 0 unspecified atom stereocenters. The van der Waals surface area contributed by atoms with Crippen LogP contribution in [0.25, 0.3) is 5.57 Å². The smallest absolute Gasteiger partial charge is 0.331 e. The van der Waals surface area contributed by atoms with Gasteiger partial charge in [0.15, 0.2) is 11.5 Å². The van der Waals surface area contributed by atoms with E-state index in [1.165, 1.54) is 13.2 Å². The van der Waals surface area contributed by atoms with Crippen molar-refractivity contribution >= 4 is 11.5 Å². The van der Waals surface area contributed by atoms with E-state index < -0.39 is 5.97 Å². The first kappa shape index (κ1) is 19.2. The van der Waals surface area contributed by atoms with Crippen molar-refractivity contribution in [2.24, 2.45) is 0 Å². The van der Waals surface area contributed by atoms with Crippen molar-refractivity contribution in [2.45, 2.75) is 0 Å². The highest BCUT2D eigenvalue weighted by Crippen LogP contribution is 2.35. The van der Waals surface area contributed by atoms with Gasteiger partial charge in [0.2, 0.25) is 0 Å². The number of carbonyl (C=O) groups is 1. The molecule has 0 saturated heterocycles. The lowest BCUT2D eigenvalue weighted by molar-refractivity contribution is -0.134. The van der Waals surface area contributed by atoms with Crippen LogP contribution in [0.5, 0.6) is 23.0 Å². The number of hydrogen-bond donors (Lipinski definition) is 0. The van der Waals surface area contributed by atoms with Crippen LogP contribution >= 0.6 is 0 Å². The van der Waals surface area contributed by atoms with Crippen LogP contribution in [0.2, 0.25) is 0 Å². The molecule has 2 rings (SSSR count). The van der Waals surface area contributed by atoms with Gasteiger partial charge >= 0.3 is 5.97 Å². The highest BCUT2D eigenvalue weighted by molar-refractivity contribution is 5.96. The van der Waals surface area contributed by atoms with Gasteiger partial charge in [-0.2, -0.15) is 0 Å². The summed E-state index contributed by atoms with van der Waals surface area (Å²) in [5.41, 5.74) is 2.12. The summed E-state index contributed by atoms with van der Waals surface area (Å²) >= 11 is 0. The minimum absolute atomic E-state index is 0.475. The first-order chi connectivity index (χ1) is 12.6. The Labute approximate surface area is 152 Å². The summed E-state index contributed by atoms with van der Waals surface area (Å²) in [6.45, 7) is 0. The van der Waals surface area contributed by atoms with Crippen molar-refractivity contribution in [1.29, 1.82) is 0 Å². The Morgan fingerprint density at radius 1 is 0.731 bits per heavy atom. The second-order valence-corrected chi connectivity index (χ2v) is 5.25. The van der Waals surface area contributed by atoms with Gasteiger partial charge in [-0.15, -0.1) is 0 Å².